The minimum absolute atomic E-state index is 0.0685. The Bertz CT molecular complexity index is 432. The Balaban J connectivity index is 2.63. The number of hydrogen-bond acceptors (Lipinski definition) is 1. The Morgan fingerprint density at radius 1 is 1.56 bits per heavy atom. The molecular weight excluding hydrogens is 266 g/mol. The van der Waals surface area contributed by atoms with Crippen LogP contribution in [0.4, 0.5) is 0 Å². The van der Waals surface area contributed by atoms with Gasteiger partial charge in [-0.05, 0) is 31.5 Å². The highest BCUT2D eigenvalue weighted by Gasteiger charge is 2.16. The zero-order valence-corrected chi connectivity index (χ0v) is 11.0. The molecule has 0 heterocycles. The van der Waals surface area contributed by atoms with Gasteiger partial charge in [-0.25, -0.2) is 0 Å². The lowest BCUT2D eigenvalue weighted by molar-refractivity contribution is -0.121. The summed E-state index contributed by atoms with van der Waals surface area (Å²) in [5.74, 6) is 2.46. The Morgan fingerprint density at radius 3 is 2.81 bits per heavy atom. The fraction of sp³-hybridized carbons (Fsp3) is 0.308. The predicted octanol–water partition coefficient (Wildman–Crippen LogP) is 2.52. The summed E-state index contributed by atoms with van der Waals surface area (Å²) < 4.78 is 0.967. The van der Waals surface area contributed by atoms with Crippen LogP contribution >= 0.6 is 15.9 Å². The normalized spacial score (nSPS) is 10.6. The van der Waals surface area contributed by atoms with E-state index in [1.165, 1.54) is 0 Å². The van der Waals surface area contributed by atoms with Gasteiger partial charge in [0.25, 0.3) is 0 Å². The van der Waals surface area contributed by atoms with Crippen molar-refractivity contribution in [1.29, 1.82) is 0 Å². The summed E-state index contributed by atoms with van der Waals surface area (Å²) in [6.45, 7) is 3.59. The fourth-order valence-electron chi connectivity index (χ4n) is 1.26. The summed E-state index contributed by atoms with van der Waals surface area (Å²) in [4.78, 5) is 11.7. The molecule has 0 bridgehead atoms. The van der Waals surface area contributed by atoms with Crippen molar-refractivity contribution >= 4 is 21.8 Å². The average Bonchev–Trinajstić information content (AvgIpc) is 2.16. The van der Waals surface area contributed by atoms with Gasteiger partial charge in [-0.3, -0.25) is 4.79 Å². The Morgan fingerprint density at radius 2 is 2.25 bits per heavy atom. The van der Waals surface area contributed by atoms with Crippen LogP contribution in [-0.2, 0) is 11.2 Å². The molecule has 0 saturated heterocycles. The number of hydrogen-bond donors (Lipinski definition) is 1. The van der Waals surface area contributed by atoms with E-state index in [1.54, 1.807) is 13.8 Å². The highest BCUT2D eigenvalue weighted by Crippen LogP contribution is 2.12. The van der Waals surface area contributed by atoms with Crippen LogP contribution in [-0.4, -0.2) is 11.4 Å². The number of terminal acetylenes is 1. The molecule has 0 aliphatic heterocycles. The van der Waals surface area contributed by atoms with E-state index >= 15 is 0 Å². The molecule has 0 aromatic heterocycles. The summed E-state index contributed by atoms with van der Waals surface area (Å²) in [6, 6.07) is 7.65. The van der Waals surface area contributed by atoms with Crippen molar-refractivity contribution in [2.75, 3.05) is 0 Å². The van der Waals surface area contributed by atoms with Crippen LogP contribution in [0.15, 0.2) is 28.7 Å². The second kappa shape index (κ2) is 5.18. The van der Waals surface area contributed by atoms with Crippen molar-refractivity contribution in [3.63, 3.8) is 0 Å². The third-order valence-corrected chi connectivity index (χ3v) is 2.56. The topological polar surface area (TPSA) is 29.1 Å². The first-order chi connectivity index (χ1) is 7.43. The van der Waals surface area contributed by atoms with Gasteiger partial charge in [0.1, 0.15) is 0 Å². The zero-order valence-electron chi connectivity index (χ0n) is 9.38. The number of carbonyl (C=O) groups is 1. The smallest absolute Gasteiger partial charge is 0.225 e. The van der Waals surface area contributed by atoms with Crippen LogP contribution in [0, 0.1) is 12.3 Å². The maximum Gasteiger partial charge on any atom is 0.225 e. The van der Waals surface area contributed by atoms with Crippen LogP contribution in [0.2, 0.25) is 0 Å². The van der Waals surface area contributed by atoms with Gasteiger partial charge in [-0.15, -0.1) is 6.42 Å². The first-order valence-electron chi connectivity index (χ1n) is 4.96. The van der Waals surface area contributed by atoms with Crippen LogP contribution in [0.1, 0.15) is 19.4 Å². The predicted molar refractivity (Wildman–Crippen MR) is 68.9 cm³/mol. The molecule has 0 saturated carbocycles. The first kappa shape index (κ1) is 12.8. The lowest BCUT2D eigenvalue weighted by atomic mass is 10.1. The number of amides is 1. The number of rotatable bonds is 3. The van der Waals surface area contributed by atoms with Gasteiger partial charge < -0.3 is 5.32 Å². The van der Waals surface area contributed by atoms with Crippen LogP contribution in [0.5, 0.6) is 0 Å². The Kier molecular flexibility index (Phi) is 4.14. The van der Waals surface area contributed by atoms with E-state index in [4.69, 9.17) is 6.42 Å². The maximum atomic E-state index is 11.7. The van der Waals surface area contributed by atoms with Crippen LogP contribution in [0.25, 0.3) is 0 Å². The minimum atomic E-state index is -0.594. The highest BCUT2D eigenvalue weighted by molar-refractivity contribution is 9.10. The molecule has 3 heteroatoms. The van der Waals surface area contributed by atoms with Gasteiger partial charge in [0.15, 0.2) is 0 Å². The first-order valence-corrected chi connectivity index (χ1v) is 5.75. The molecule has 0 spiro atoms. The summed E-state index contributed by atoms with van der Waals surface area (Å²) in [5.41, 5.74) is 0.364. The molecule has 16 heavy (non-hydrogen) atoms. The standard InChI is InChI=1S/C13H14BrNO/c1-4-13(2,3)15-12(16)9-10-6-5-7-11(14)8-10/h1,5-8H,9H2,2-3H3,(H,15,16). The molecule has 1 aromatic carbocycles. The molecule has 1 aromatic rings. The van der Waals surface area contributed by atoms with Gasteiger partial charge in [0.2, 0.25) is 5.91 Å². The number of benzene rings is 1. The molecule has 84 valence electrons. The molecule has 0 radical (unpaired) electrons. The van der Waals surface area contributed by atoms with Crippen molar-refractivity contribution in [2.24, 2.45) is 0 Å². The molecule has 0 aliphatic carbocycles. The average molecular weight is 280 g/mol. The summed E-state index contributed by atoms with van der Waals surface area (Å²) in [7, 11) is 0. The number of carbonyl (C=O) groups excluding carboxylic acids is 1. The Hall–Kier alpha value is -1.27. The zero-order chi connectivity index (χ0) is 12.2. The van der Waals surface area contributed by atoms with Gasteiger partial charge in [-0.2, -0.15) is 0 Å². The quantitative estimate of drug-likeness (QED) is 0.847. The van der Waals surface area contributed by atoms with Gasteiger partial charge in [-0.1, -0.05) is 34.0 Å². The van der Waals surface area contributed by atoms with Crippen molar-refractivity contribution in [3.05, 3.63) is 34.3 Å². The molecule has 1 amide bonds. The van der Waals surface area contributed by atoms with E-state index in [2.05, 4.69) is 27.2 Å². The van der Waals surface area contributed by atoms with E-state index < -0.39 is 5.54 Å². The van der Waals surface area contributed by atoms with Gasteiger partial charge in [0, 0.05) is 4.47 Å². The third kappa shape index (κ3) is 4.08. The van der Waals surface area contributed by atoms with E-state index in [1.807, 2.05) is 24.3 Å². The van der Waals surface area contributed by atoms with Gasteiger partial charge >= 0.3 is 0 Å². The van der Waals surface area contributed by atoms with Crippen molar-refractivity contribution < 1.29 is 4.79 Å². The molecule has 0 unspecified atom stereocenters. The van der Waals surface area contributed by atoms with E-state index in [0.29, 0.717) is 6.42 Å². The summed E-state index contributed by atoms with van der Waals surface area (Å²) >= 11 is 3.36. The number of halogens is 1. The molecular formula is C13H14BrNO. The lowest BCUT2D eigenvalue weighted by Gasteiger charge is -2.19. The molecule has 0 fully saturated rings. The SMILES string of the molecule is C#CC(C)(C)NC(=O)Cc1cccc(Br)c1. The Labute approximate surface area is 105 Å². The lowest BCUT2D eigenvalue weighted by Crippen LogP contribution is -2.42. The monoisotopic (exact) mass is 279 g/mol. The van der Waals surface area contributed by atoms with E-state index in [9.17, 15) is 4.79 Å². The van der Waals surface area contributed by atoms with Crippen molar-refractivity contribution in [1.82, 2.24) is 5.32 Å². The largest absolute Gasteiger partial charge is 0.340 e. The van der Waals surface area contributed by atoms with Crippen molar-refractivity contribution in [3.8, 4) is 12.3 Å². The maximum absolute atomic E-state index is 11.7. The summed E-state index contributed by atoms with van der Waals surface area (Å²) in [5, 5.41) is 2.78. The fourth-order valence-corrected chi connectivity index (χ4v) is 1.71. The van der Waals surface area contributed by atoms with Crippen LogP contribution in [0.3, 0.4) is 0 Å². The molecule has 2 nitrogen and oxygen atoms in total. The van der Waals surface area contributed by atoms with E-state index in [-0.39, 0.29) is 5.91 Å². The summed E-state index contributed by atoms with van der Waals surface area (Å²) in [6.07, 6.45) is 5.64. The van der Waals surface area contributed by atoms with E-state index in [0.717, 1.165) is 10.0 Å². The molecule has 1 rings (SSSR count). The number of nitrogens with one attached hydrogen (secondary N) is 1. The third-order valence-electron chi connectivity index (χ3n) is 2.07. The van der Waals surface area contributed by atoms with Gasteiger partial charge in [0.05, 0.1) is 12.0 Å². The molecule has 0 aliphatic rings. The second-order valence-electron chi connectivity index (χ2n) is 4.12. The molecule has 0 atom stereocenters. The second-order valence-corrected chi connectivity index (χ2v) is 5.04. The molecule has 1 N–H and O–H groups in total. The van der Waals surface area contributed by atoms with Crippen molar-refractivity contribution in [2.45, 2.75) is 25.8 Å². The van der Waals surface area contributed by atoms with Crippen LogP contribution < -0.4 is 5.32 Å². The highest BCUT2D eigenvalue weighted by atomic mass is 79.9. The minimum Gasteiger partial charge on any atom is -0.340 e.